The summed E-state index contributed by atoms with van der Waals surface area (Å²) in [5.74, 6) is 2.50. The van der Waals surface area contributed by atoms with Gasteiger partial charge in [-0.15, -0.1) is 0 Å². The fraction of sp³-hybridized carbons (Fsp3) is 0.111. The second kappa shape index (κ2) is 5.15. The van der Waals surface area contributed by atoms with Gasteiger partial charge in [-0.2, -0.15) is 0 Å². The molecular weight excluding hydrogens is 274 g/mol. The van der Waals surface area contributed by atoms with E-state index in [0.29, 0.717) is 6.54 Å². The van der Waals surface area contributed by atoms with Crippen LogP contribution in [0.2, 0.25) is 0 Å². The van der Waals surface area contributed by atoms with Crippen LogP contribution in [0, 0.1) is 6.92 Å². The van der Waals surface area contributed by atoms with Crippen LogP contribution >= 0.6 is 0 Å². The third kappa shape index (κ3) is 2.19. The zero-order valence-electron chi connectivity index (χ0n) is 12.2. The first kappa shape index (κ1) is 12.8. The summed E-state index contributed by atoms with van der Waals surface area (Å²) in [6.45, 7) is 2.60. The highest BCUT2D eigenvalue weighted by Crippen LogP contribution is 2.26. The number of fused-ring (bicyclic) bond motifs is 1. The Morgan fingerprint density at radius 2 is 1.86 bits per heavy atom. The Balaban J connectivity index is 1.90. The minimum Gasteiger partial charge on any atom is -0.458 e. The van der Waals surface area contributed by atoms with E-state index >= 15 is 0 Å². The molecule has 108 valence electrons. The Morgan fingerprint density at radius 3 is 2.64 bits per heavy atom. The maximum atomic E-state index is 5.77. The van der Waals surface area contributed by atoms with Gasteiger partial charge >= 0.3 is 0 Å². The molecule has 0 bridgehead atoms. The molecule has 0 atom stereocenters. The molecule has 4 aromatic rings. The van der Waals surface area contributed by atoms with E-state index in [9.17, 15) is 0 Å². The van der Waals surface area contributed by atoms with Crippen LogP contribution < -0.4 is 0 Å². The average molecular weight is 289 g/mol. The van der Waals surface area contributed by atoms with Gasteiger partial charge in [-0.3, -0.25) is 4.98 Å². The monoisotopic (exact) mass is 289 g/mol. The van der Waals surface area contributed by atoms with Crippen molar-refractivity contribution in [3.63, 3.8) is 0 Å². The Bertz CT molecular complexity index is 922. The highest BCUT2D eigenvalue weighted by Gasteiger charge is 2.15. The van der Waals surface area contributed by atoms with Gasteiger partial charge in [-0.05, 0) is 43.3 Å². The number of hydrogen-bond donors (Lipinski definition) is 0. The second-order valence-corrected chi connectivity index (χ2v) is 5.24. The molecule has 4 heteroatoms. The summed E-state index contributed by atoms with van der Waals surface area (Å²) in [6.07, 6.45) is 1.81. The number of imidazole rings is 1. The molecule has 4 nitrogen and oxygen atoms in total. The third-order valence-electron chi connectivity index (χ3n) is 3.66. The van der Waals surface area contributed by atoms with Gasteiger partial charge in [-0.25, -0.2) is 4.98 Å². The number of rotatable bonds is 3. The second-order valence-electron chi connectivity index (χ2n) is 5.24. The number of hydrogen-bond acceptors (Lipinski definition) is 3. The van der Waals surface area contributed by atoms with Crippen molar-refractivity contribution in [2.45, 2.75) is 13.5 Å². The molecular formula is C18H15N3O. The van der Waals surface area contributed by atoms with Crippen LogP contribution in [0.3, 0.4) is 0 Å². The van der Waals surface area contributed by atoms with Gasteiger partial charge in [0.2, 0.25) is 0 Å². The number of pyridine rings is 1. The standard InChI is InChI=1S/C18H15N3O/c1-13-9-10-17(22-13)18-20-15-7-2-3-8-16(15)21(18)12-14-6-4-5-11-19-14/h2-11H,12H2,1H3. The van der Waals surface area contributed by atoms with E-state index in [1.807, 2.05) is 61.7 Å². The van der Waals surface area contributed by atoms with Crippen LogP contribution in [0.25, 0.3) is 22.6 Å². The van der Waals surface area contributed by atoms with Crippen LogP contribution in [-0.2, 0) is 6.54 Å². The average Bonchev–Trinajstić information content (AvgIpc) is 3.13. The van der Waals surface area contributed by atoms with Crippen LogP contribution in [0.4, 0.5) is 0 Å². The van der Waals surface area contributed by atoms with Gasteiger partial charge < -0.3 is 8.98 Å². The minimum atomic E-state index is 0.663. The molecule has 0 amide bonds. The molecule has 0 saturated carbocycles. The molecule has 0 saturated heterocycles. The summed E-state index contributed by atoms with van der Waals surface area (Å²) < 4.78 is 7.92. The summed E-state index contributed by atoms with van der Waals surface area (Å²) in [7, 11) is 0. The molecule has 22 heavy (non-hydrogen) atoms. The lowest BCUT2D eigenvalue weighted by Crippen LogP contribution is -2.03. The van der Waals surface area contributed by atoms with Crippen molar-refractivity contribution in [2.24, 2.45) is 0 Å². The Hall–Kier alpha value is -2.88. The fourth-order valence-electron chi connectivity index (χ4n) is 2.63. The predicted octanol–water partition coefficient (Wildman–Crippen LogP) is 4.05. The Labute approximate surface area is 128 Å². The molecule has 0 aliphatic carbocycles. The van der Waals surface area contributed by atoms with E-state index in [-0.39, 0.29) is 0 Å². The van der Waals surface area contributed by atoms with Crippen molar-refractivity contribution in [2.75, 3.05) is 0 Å². The van der Waals surface area contributed by atoms with E-state index in [1.165, 1.54) is 0 Å². The molecule has 3 heterocycles. The van der Waals surface area contributed by atoms with Gasteiger partial charge in [-0.1, -0.05) is 18.2 Å². The highest BCUT2D eigenvalue weighted by molar-refractivity contribution is 5.79. The van der Waals surface area contributed by atoms with Crippen LogP contribution in [-0.4, -0.2) is 14.5 Å². The maximum absolute atomic E-state index is 5.77. The zero-order chi connectivity index (χ0) is 14.9. The fourth-order valence-corrected chi connectivity index (χ4v) is 2.63. The summed E-state index contributed by atoms with van der Waals surface area (Å²) in [5.41, 5.74) is 3.04. The third-order valence-corrected chi connectivity index (χ3v) is 3.66. The van der Waals surface area contributed by atoms with E-state index in [1.54, 1.807) is 0 Å². The molecule has 4 rings (SSSR count). The van der Waals surface area contributed by atoms with Crippen molar-refractivity contribution >= 4 is 11.0 Å². The van der Waals surface area contributed by atoms with Crippen molar-refractivity contribution in [3.8, 4) is 11.6 Å². The Kier molecular flexibility index (Phi) is 3.00. The van der Waals surface area contributed by atoms with Gasteiger partial charge in [0, 0.05) is 6.20 Å². The first-order chi connectivity index (χ1) is 10.8. The summed E-state index contributed by atoms with van der Waals surface area (Å²) >= 11 is 0. The molecule has 0 spiro atoms. The highest BCUT2D eigenvalue weighted by atomic mass is 16.3. The molecule has 1 aromatic carbocycles. The molecule has 0 N–H and O–H groups in total. The molecule has 0 fully saturated rings. The number of aryl methyl sites for hydroxylation is 1. The van der Waals surface area contributed by atoms with Crippen molar-refractivity contribution in [1.82, 2.24) is 14.5 Å². The summed E-state index contributed by atoms with van der Waals surface area (Å²) in [6, 6.07) is 18.0. The van der Waals surface area contributed by atoms with Gasteiger partial charge in [0.1, 0.15) is 5.76 Å². The van der Waals surface area contributed by atoms with Gasteiger partial charge in [0.05, 0.1) is 23.3 Å². The zero-order valence-corrected chi connectivity index (χ0v) is 12.2. The lowest BCUT2D eigenvalue weighted by atomic mass is 10.3. The lowest BCUT2D eigenvalue weighted by molar-refractivity contribution is 0.540. The normalized spacial score (nSPS) is 11.1. The predicted molar refractivity (Wildman–Crippen MR) is 85.5 cm³/mol. The first-order valence-corrected chi connectivity index (χ1v) is 7.23. The van der Waals surface area contributed by atoms with Gasteiger partial charge in [0.15, 0.2) is 11.6 Å². The quantitative estimate of drug-likeness (QED) is 0.571. The van der Waals surface area contributed by atoms with Crippen molar-refractivity contribution in [3.05, 3.63) is 72.2 Å². The Morgan fingerprint density at radius 1 is 1.00 bits per heavy atom. The molecule has 0 aliphatic heterocycles. The van der Waals surface area contributed by atoms with Crippen LogP contribution in [0.15, 0.2) is 65.2 Å². The topological polar surface area (TPSA) is 43.9 Å². The summed E-state index contributed by atoms with van der Waals surface area (Å²) in [4.78, 5) is 9.16. The van der Waals surface area contributed by atoms with E-state index in [0.717, 1.165) is 34.1 Å². The van der Waals surface area contributed by atoms with Crippen LogP contribution in [0.5, 0.6) is 0 Å². The van der Waals surface area contributed by atoms with Gasteiger partial charge in [0.25, 0.3) is 0 Å². The van der Waals surface area contributed by atoms with E-state index in [2.05, 4.69) is 15.6 Å². The molecule has 0 aliphatic rings. The molecule has 3 aromatic heterocycles. The SMILES string of the molecule is Cc1ccc(-c2nc3ccccc3n2Cc2ccccn2)o1. The largest absolute Gasteiger partial charge is 0.458 e. The smallest absolute Gasteiger partial charge is 0.177 e. The maximum Gasteiger partial charge on any atom is 0.177 e. The number of para-hydroxylation sites is 2. The van der Waals surface area contributed by atoms with Crippen molar-refractivity contribution < 1.29 is 4.42 Å². The van der Waals surface area contributed by atoms with E-state index < -0.39 is 0 Å². The molecule has 0 radical (unpaired) electrons. The summed E-state index contributed by atoms with van der Waals surface area (Å²) in [5, 5.41) is 0. The van der Waals surface area contributed by atoms with Crippen LogP contribution in [0.1, 0.15) is 11.5 Å². The first-order valence-electron chi connectivity index (χ1n) is 7.23. The van der Waals surface area contributed by atoms with E-state index in [4.69, 9.17) is 9.40 Å². The lowest BCUT2D eigenvalue weighted by Gasteiger charge is -2.07. The number of furan rings is 1. The van der Waals surface area contributed by atoms with Crippen molar-refractivity contribution in [1.29, 1.82) is 0 Å². The number of aromatic nitrogens is 3. The number of benzene rings is 1. The molecule has 0 unspecified atom stereocenters. The number of nitrogens with zero attached hydrogens (tertiary/aromatic N) is 3. The minimum absolute atomic E-state index is 0.663.